The van der Waals surface area contributed by atoms with Crippen molar-refractivity contribution in [3.05, 3.63) is 114 Å². The van der Waals surface area contributed by atoms with Crippen LogP contribution in [0.1, 0.15) is 44.9 Å². The summed E-state index contributed by atoms with van der Waals surface area (Å²) in [4.78, 5) is 25.0. The van der Waals surface area contributed by atoms with Crippen molar-refractivity contribution in [2.45, 2.75) is 19.9 Å². The van der Waals surface area contributed by atoms with E-state index in [0.29, 0.717) is 16.8 Å². The first kappa shape index (κ1) is 21.1. The summed E-state index contributed by atoms with van der Waals surface area (Å²) in [6, 6.07) is 25.5. The van der Waals surface area contributed by atoms with E-state index < -0.39 is 0 Å². The monoisotopic (exact) mass is 424 g/mol. The molecule has 1 heterocycles. The molecule has 1 aromatic heterocycles. The molecule has 0 aliphatic rings. The van der Waals surface area contributed by atoms with E-state index in [1.54, 1.807) is 42.6 Å². The minimum atomic E-state index is -0.211. The van der Waals surface area contributed by atoms with Crippen molar-refractivity contribution < 1.29 is 9.59 Å². The number of para-hydroxylation sites is 1. The van der Waals surface area contributed by atoms with Crippen molar-refractivity contribution in [1.82, 2.24) is 15.1 Å². The maximum atomic E-state index is 12.7. The van der Waals surface area contributed by atoms with E-state index in [0.717, 1.165) is 16.9 Å². The lowest BCUT2D eigenvalue weighted by Gasteiger charge is -2.14. The Morgan fingerprint density at radius 1 is 0.812 bits per heavy atom. The average molecular weight is 425 g/mol. The fourth-order valence-corrected chi connectivity index (χ4v) is 3.53. The summed E-state index contributed by atoms with van der Waals surface area (Å²) in [6.45, 7) is 3.92. The summed E-state index contributed by atoms with van der Waals surface area (Å²) in [7, 11) is 0. The number of carbonyl (C=O) groups is 2. The molecule has 160 valence electrons. The number of anilines is 1. The Labute approximate surface area is 186 Å². The van der Waals surface area contributed by atoms with E-state index >= 15 is 0 Å². The van der Waals surface area contributed by atoms with Gasteiger partial charge < -0.3 is 10.6 Å². The van der Waals surface area contributed by atoms with E-state index in [1.807, 2.05) is 67.1 Å². The molecule has 32 heavy (non-hydrogen) atoms. The first-order chi connectivity index (χ1) is 15.5. The largest absolute Gasteiger partial charge is 0.345 e. The lowest BCUT2D eigenvalue weighted by Crippen LogP contribution is -2.27. The van der Waals surface area contributed by atoms with Gasteiger partial charge in [-0.05, 0) is 62.4 Å². The first-order valence-corrected chi connectivity index (χ1v) is 10.4. The van der Waals surface area contributed by atoms with E-state index in [-0.39, 0.29) is 17.9 Å². The molecule has 0 aliphatic carbocycles. The van der Waals surface area contributed by atoms with Gasteiger partial charge in [0.25, 0.3) is 11.8 Å². The van der Waals surface area contributed by atoms with Crippen LogP contribution in [0.2, 0.25) is 0 Å². The van der Waals surface area contributed by atoms with Crippen molar-refractivity contribution >= 4 is 17.5 Å². The third-order valence-electron chi connectivity index (χ3n) is 5.30. The van der Waals surface area contributed by atoms with Crippen molar-refractivity contribution in [2.24, 2.45) is 0 Å². The molecule has 0 spiro atoms. The summed E-state index contributed by atoms with van der Waals surface area (Å²) in [6.07, 6.45) is 1.79. The highest BCUT2D eigenvalue weighted by Crippen LogP contribution is 2.21. The van der Waals surface area contributed by atoms with Gasteiger partial charge in [-0.3, -0.25) is 9.59 Å². The van der Waals surface area contributed by atoms with Crippen LogP contribution in [0.25, 0.3) is 5.69 Å². The van der Waals surface area contributed by atoms with Gasteiger partial charge in [0.2, 0.25) is 0 Å². The highest BCUT2D eigenvalue weighted by molar-refractivity contribution is 6.04. The highest BCUT2D eigenvalue weighted by atomic mass is 16.2. The van der Waals surface area contributed by atoms with Gasteiger partial charge in [-0.25, -0.2) is 4.68 Å². The number of nitrogens with one attached hydrogen (secondary N) is 2. The van der Waals surface area contributed by atoms with Crippen molar-refractivity contribution in [2.75, 3.05) is 5.32 Å². The van der Waals surface area contributed by atoms with E-state index in [2.05, 4.69) is 15.7 Å². The smallest absolute Gasteiger partial charge is 0.255 e. The third kappa shape index (κ3) is 4.59. The van der Waals surface area contributed by atoms with Crippen LogP contribution in [0.15, 0.2) is 91.1 Å². The van der Waals surface area contributed by atoms with Gasteiger partial charge in [0, 0.05) is 28.1 Å². The molecule has 2 N–H and O–H groups in total. The molecule has 0 bridgehead atoms. The molecule has 3 aromatic carbocycles. The van der Waals surface area contributed by atoms with Gasteiger partial charge in [-0.1, -0.05) is 36.4 Å². The Morgan fingerprint density at radius 2 is 1.41 bits per heavy atom. The molecule has 0 saturated carbocycles. The fourth-order valence-electron chi connectivity index (χ4n) is 3.53. The van der Waals surface area contributed by atoms with Crippen LogP contribution in [0.5, 0.6) is 0 Å². The van der Waals surface area contributed by atoms with Gasteiger partial charge in [0.05, 0.1) is 17.9 Å². The first-order valence-electron chi connectivity index (χ1n) is 10.4. The predicted octanol–water partition coefficient (Wildman–Crippen LogP) is 4.92. The van der Waals surface area contributed by atoms with Crippen LogP contribution >= 0.6 is 0 Å². The predicted molar refractivity (Wildman–Crippen MR) is 125 cm³/mol. The Hall–Kier alpha value is -4.19. The topological polar surface area (TPSA) is 76.0 Å². The number of hydrogen-bond donors (Lipinski definition) is 2. The van der Waals surface area contributed by atoms with Gasteiger partial charge in [0.1, 0.15) is 0 Å². The summed E-state index contributed by atoms with van der Waals surface area (Å²) in [5.74, 6) is -0.382. The number of amides is 2. The lowest BCUT2D eigenvalue weighted by atomic mass is 10.1. The van der Waals surface area contributed by atoms with Gasteiger partial charge in [-0.15, -0.1) is 0 Å². The van der Waals surface area contributed by atoms with Crippen LogP contribution in [0.3, 0.4) is 0 Å². The summed E-state index contributed by atoms with van der Waals surface area (Å²) in [5, 5.41) is 10.3. The molecule has 6 heteroatoms. The van der Waals surface area contributed by atoms with Gasteiger partial charge >= 0.3 is 0 Å². The lowest BCUT2D eigenvalue weighted by molar-refractivity contribution is 0.0939. The van der Waals surface area contributed by atoms with E-state index in [1.165, 1.54) is 0 Å². The molecule has 1 atom stereocenters. The molecular weight excluding hydrogens is 400 g/mol. The zero-order valence-electron chi connectivity index (χ0n) is 17.9. The fraction of sp³-hybridized carbons (Fsp3) is 0.115. The molecule has 6 nitrogen and oxygen atoms in total. The summed E-state index contributed by atoms with van der Waals surface area (Å²) >= 11 is 0. The molecule has 0 radical (unpaired) electrons. The molecule has 4 aromatic rings. The second-order valence-electron chi connectivity index (χ2n) is 7.53. The SMILES string of the molecule is Cc1c(C(C)NC(=O)c2ccc(NC(=O)c3ccccc3)cc2)cnn1-c1ccccc1. The second kappa shape index (κ2) is 9.31. The molecule has 2 amide bonds. The molecule has 4 rings (SSSR count). The number of rotatable bonds is 6. The van der Waals surface area contributed by atoms with Crippen molar-refractivity contribution in [3.8, 4) is 5.69 Å². The number of carbonyl (C=O) groups excluding carboxylic acids is 2. The molecule has 0 fully saturated rings. The van der Waals surface area contributed by atoms with Gasteiger partial charge in [-0.2, -0.15) is 5.10 Å². The van der Waals surface area contributed by atoms with Crippen molar-refractivity contribution in [3.63, 3.8) is 0 Å². The van der Waals surface area contributed by atoms with Crippen LogP contribution in [0.4, 0.5) is 5.69 Å². The van der Waals surface area contributed by atoms with Crippen LogP contribution in [-0.2, 0) is 0 Å². The zero-order chi connectivity index (χ0) is 22.5. The molecule has 0 aliphatic heterocycles. The second-order valence-corrected chi connectivity index (χ2v) is 7.53. The summed E-state index contributed by atoms with van der Waals surface area (Å²) in [5.41, 5.74) is 4.63. The third-order valence-corrected chi connectivity index (χ3v) is 5.30. The van der Waals surface area contributed by atoms with Crippen LogP contribution in [-0.4, -0.2) is 21.6 Å². The molecular formula is C26H24N4O2. The zero-order valence-corrected chi connectivity index (χ0v) is 17.9. The Kier molecular flexibility index (Phi) is 6.12. The Morgan fingerprint density at radius 3 is 2.06 bits per heavy atom. The van der Waals surface area contributed by atoms with E-state index in [4.69, 9.17) is 0 Å². The number of benzene rings is 3. The minimum Gasteiger partial charge on any atom is -0.345 e. The maximum Gasteiger partial charge on any atom is 0.255 e. The van der Waals surface area contributed by atoms with E-state index in [9.17, 15) is 9.59 Å². The van der Waals surface area contributed by atoms with Gasteiger partial charge in [0.15, 0.2) is 0 Å². The van der Waals surface area contributed by atoms with Crippen molar-refractivity contribution in [1.29, 1.82) is 0 Å². The highest BCUT2D eigenvalue weighted by Gasteiger charge is 2.17. The maximum absolute atomic E-state index is 12.7. The number of aromatic nitrogens is 2. The molecule has 1 unspecified atom stereocenters. The summed E-state index contributed by atoms with van der Waals surface area (Å²) < 4.78 is 1.86. The average Bonchev–Trinajstić information content (AvgIpc) is 3.22. The quantitative estimate of drug-likeness (QED) is 0.461. The number of nitrogens with zero attached hydrogens (tertiary/aromatic N) is 2. The Bertz CT molecular complexity index is 1220. The standard InChI is InChI=1S/C26H24N4O2/c1-18(24-17-27-30(19(24)2)23-11-7-4-8-12-23)28-25(31)21-13-15-22(16-14-21)29-26(32)20-9-5-3-6-10-20/h3-18H,1-2H3,(H,28,31)(H,29,32). The number of hydrogen-bond acceptors (Lipinski definition) is 3. The molecule has 0 saturated heterocycles. The van der Waals surface area contributed by atoms with Crippen LogP contribution in [0, 0.1) is 6.92 Å². The van der Waals surface area contributed by atoms with Crippen LogP contribution < -0.4 is 10.6 Å². The Balaban J connectivity index is 1.41. The minimum absolute atomic E-state index is 0.190. The normalized spacial score (nSPS) is 11.6.